The summed E-state index contributed by atoms with van der Waals surface area (Å²) >= 11 is 0.712. The average molecular weight is 526 g/mol. The Balaban J connectivity index is 1.87. The third-order valence-electron chi connectivity index (χ3n) is 6.36. The first kappa shape index (κ1) is 26.1. The van der Waals surface area contributed by atoms with E-state index in [1.54, 1.807) is 24.3 Å². The first-order chi connectivity index (χ1) is 17.8. The van der Waals surface area contributed by atoms with Crippen molar-refractivity contribution < 1.29 is 23.5 Å². The molecule has 0 radical (unpaired) electrons. The molecule has 1 saturated carbocycles. The number of nitrogens with zero attached hydrogens (tertiary/aromatic N) is 2. The van der Waals surface area contributed by atoms with E-state index in [4.69, 9.17) is 16.2 Å². The lowest BCUT2D eigenvalue weighted by molar-refractivity contribution is -0.123. The third-order valence-corrected chi connectivity index (χ3v) is 7.21. The number of hydrogen-bond acceptors (Lipinski definition) is 7. The predicted molar refractivity (Wildman–Crippen MR) is 139 cm³/mol. The smallest absolute Gasteiger partial charge is 0.273 e. The number of aromatic nitrogens is 1. The number of amides is 3. The Hall–Kier alpha value is -3.99. The molecule has 1 aliphatic carbocycles. The summed E-state index contributed by atoms with van der Waals surface area (Å²) in [6.45, 7) is 0. The second kappa shape index (κ2) is 11.4. The number of nitrogen functional groups attached to an aromatic ring is 1. The van der Waals surface area contributed by atoms with Crippen LogP contribution in [0.1, 0.15) is 63.9 Å². The molecule has 1 aliphatic rings. The number of halogens is 1. The van der Waals surface area contributed by atoms with Gasteiger partial charge in [0, 0.05) is 6.04 Å². The topological polar surface area (TPSA) is 141 Å². The van der Waals surface area contributed by atoms with Gasteiger partial charge in [0.2, 0.25) is 5.91 Å². The highest BCUT2D eigenvalue weighted by molar-refractivity contribution is 7.09. The lowest BCUT2D eigenvalue weighted by Crippen LogP contribution is -2.47. The number of carbonyl (C=O) groups excluding carboxylic acids is 3. The molecule has 3 aromatic rings. The van der Waals surface area contributed by atoms with Crippen LogP contribution in [0.4, 0.5) is 15.8 Å². The van der Waals surface area contributed by atoms with Crippen LogP contribution in [0.5, 0.6) is 5.75 Å². The van der Waals surface area contributed by atoms with Crippen LogP contribution in [0.15, 0.2) is 48.5 Å². The Morgan fingerprint density at radius 2 is 1.78 bits per heavy atom. The maximum Gasteiger partial charge on any atom is 0.273 e. The monoisotopic (exact) mass is 525 g/mol. The Labute approximate surface area is 217 Å². The van der Waals surface area contributed by atoms with Gasteiger partial charge in [0.25, 0.3) is 11.8 Å². The zero-order chi connectivity index (χ0) is 26.5. The summed E-state index contributed by atoms with van der Waals surface area (Å²) in [6, 6.07) is 10.8. The van der Waals surface area contributed by atoms with Gasteiger partial charge in [-0.1, -0.05) is 43.5 Å². The maximum absolute atomic E-state index is 14.1. The van der Waals surface area contributed by atoms with E-state index >= 15 is 0 Å². The van der Waals surface area contributed by atoms with E-state index in [-0.39, 0.29) is 28.0 Å². The number of nitrogens with two attached hydrogens (primary N) is 2. The molecule has 1 atom stereocenters. The largest absolute Gasteiger partial charge is 0.495 e. The Kier molecular flexibility index (Phi) is 8.02. The minimum atomic E-state index is -1.20. The fraction of sp³-hybridized carbons (Fsp3) is 0.308. The summed E-state index contributed by atoms with van der Waals surface area (Å²) in [5.74, 6) is -2.15. The Bertz CT molecular complexity index is 1290. The van der Waals surface area contributed by atoms with Gasteiger partial charge in [-0.25, -0.2) is 4.39 Å². The molecule has 0 spiro atoms. The van der Waals surface area contributed by atoms with Crippen molar-refractivity contribution in [1.82, 2.24) is 9.69 Å². The summed E-state index contributed by atoms with van der Waals surface area (Å²) < 4.78 is 23.3. The van der Waals surface area contributed by atoms with Crippen LogP contribution in [-0.4, -0.2) is 35.2 Å². The van der Waals surface area contributed by atoms with Crippen LogP contribution >= 0.6 is 11.5 Å². The lowest BCUT2D eigenvalue weighted by Gasteiger charge is -2.34. The van der Waals surface area contributed by atoms with E-state index < -0.39 is 29.6 Å². The summed E-state index contributed by atoms with van der Waals surface area (Å²) in [5.41, 5.74) is 11.7. The van der Waals surface area contributed by atoms with E-state index in [1.807, 2.05) is 0 Å². The second-order valence-corrected chi connectivity index (χ2v) is 9.56. The fourth-order valence-corrected chi connectivity index (χ4v) is 5.27. The highest BCUT2D eigenvalue weighted by Crippen LogP contribution is 2.38. The van der Waals surface area contributed by atoms with E-state index in [9.17, 15) is 18.8 Å². The van der Waals surface area contributed by atoms with Crippen LogP contribution in [-0.2, 0) is 4.79 Å². The number of anilines is 2. The van der Waals surface area contributed by atoms with Crippen molar-refractivity contribution in [3.63, 3.8) is 0 Å². The number of benzene rings is 2. The molecule has 4 rings (SSSR count). The number of carbonyl (C=O) groups is 3. The van der Waals surface area contributed by atoms with Gasteiger partial charge < -0.3 is 21.5 Å². The second-order valence-electron chi connectivity index (χ2n) is 8.78. The van der Waals surface area contributed by atoms with Crippen molar-refractivity contribution in [3.8, 4) is 5.75 Å². The van der Waals surface area contributed by atoms with Crippen molar-refractivity contribution in [1.29, 1.82) is 0 Å². The summed E-state index contributed by atoms with van der Waals surface area (Å²) in [5, 5.41) is 3.08. The molecule has 1 heterocycles. The van der Waals surface area contributed by atoms with Crippen LogP contribution in [0.3, 0.4) is 0 Å². The molecule has 0 aliphatic heterocycles. The van der Waals surface area contributed by atoms with Crippen LogP contribution < -0.4 is 26.4 Å². The van der Waals surface area contributed by atoms with E-state index in [0.29, 0.717) is 22.8 Å². The number of para-hydroxylation sites is 2. The summed E-state index contributed by atoms with van der Waals surface area (Å²) in [4.78, 5) is 40.9. The lowest BCUT2D eigenvalue weighted by atomic mass is 9.94. The standard InChI is InChI=1S/C26H28FN5O4S/c1-36-19-10-6-5-9-18(19)32(26(35)23-20(28)21(24(29)33)31-37-23)22(15-11-13-16(27)14-12-15)25(34)30-17-7-3-2-4-8-17/h5-6,9-14,17,22H,2-4,7-8,28H2,1H3,(H2,29,33)(H,30,34). The zero-order valence-electron chi connectivity index (χ0n) is 20.3. The van der Waals surface area contributed by atoms with Gasteiger partial charge in [0.1, 0.15) is 22.5 Å². The van der Waals surface area contributed by atoms with Gasteiger partial charge in [-0.3, -0.25) is 19.3 Å². The third kappa shape index (κ3) is 5.56. The molecule has 0 bridgehead atoms. The maximum atomic E-state index is 14.1. The Morgan fingerprint density at radius 1 is 1.11 bits per heavy atom. The summed E-state index contributed by atoms with van der Waals surface area (Å²) in [6.07, 6.45) is 4.75. The molecule has 9 nitrogen and oxygen atoms in total. The van der Waals surface area contributed by atoms with Crippen LogP contribution in [0.2, 0.25) is 0 Å². The molecule has 2 aromatic carbocycles. The van der Waals surface area contributed by atoms with Gasteiger partial charge in [-0.15, -0.1) is 0 Å². The molecule has 3 amide bonds. The summed E-state index contributed by atoms with van der Waals surface area (Å²) in [7, 11) is 1.45. The van der Waals surface area contributed by atoms with Crippen molar-refractivity contribution in [2.24, 2.45) is 5.73 Å². The van der Waals surface area contributed by atoms with Crippen molar-refractivity contribution in [2.75, 3.05) is 17.7 Å². The molecule has 0 saturated heterocycles. The van der Waals surface area contributed by atoms with Gasteiger partial charge >= 0.3 is 0 Å². The molecule has 194 valence electrons. The molecule has 1 unspecified atom stereocenters. The first-order valence-corrected chi connectivity index (χ1v) is 12.7. The predicted octanol–water partition coefficient (Wildman–Crippen LogP) is 3.81. The van der Waals surface area contributed by atoms with Gasteiger partial charge in [-0.2, -0.15) is 4.37 Å². The molecule has 1 aromatic heterocycles. The van der Waals surface area contributed by atoms with Crippen molar-refractivity contribution in [3.05, 3.63) is 70.5 Å². The fourth-order valence-electron chi connectivity index (χ4n) is 4.52. The van der Waals surface area contributed by atoms with Crippen molar-refractivity contribution in [2.45, 2.75) is 44.2 Å². The molecule has 37 heavy (non-hydrogen) atoms. The minimum absolute atomic E-state index is 0.0474. The Morgan fingerprint density at radius 3 is 2.41 bits per heavy atom. The number of ether oxygens (including phenoxy) is 1. The molecule has 1 fully saturated rings. The SMILES string of the molecule is COc1ccccc1N(C(=O)c1snc(C(N)=O)c1N)C(C(=O)NC1CCCCC1)c1ccc(F)cc1. The van der Waals surface area contributed by atoms with Gasteiger partial charge in [0.05, 0.1) is 18.5 Å². The zero-order valence-corrected chi connectivity index (χ0v) is 21.1. The van der Waals surface area contributed by atoms with Gasteiger partial charge in [0.15, 0.2) is 5.69 Å². The molecule has 5 N–H and O–H groups in total. The van der Waals surface area contributed by atoms with Gasteiger partial charge in [-0.05, 0) is 54.2 Å². The van der Waals surface area contributed by atoms with E-state index in [2.05, 4.69) is 9.69 Å². The number of rotatable bonds is 8. The highest BCUT2D eigenvalue weighted by atomic mass is 32.1. The van der Waals surface area contributed by atoms with E-state index in [0.717, 1.165) is 32.1 Å². The highest BCUT2D eigenvalue weighted by Gasteiger charge is 2.38. The van der Waals surface area contributed by atoms with E-state index in [1.165, 1.54) is 36.3 Å². The molecular weight excluding hydrogens is 497 g/mol. The minimum Gasteiger partial charge on any atom is -0.495 e. The molecular formula is C26H28FN5O4S. The number of methoxy groups -OCH3 is 1. The average Bonchev–Trinajstić information content (AvgIpc) is 3.29. The van der Waals surface area contributed by atoms with Crippen molar-refractivity contribution >= 4 is 40.6 Å². The van der Waals surface area contributed by atoms with Crippen LogP contribution in [0, 0.1) is 5.82 Å². The van der Waals surface area contributed by atoms with Crippen LogP contribution in [0.25, 0.3) is 0 Å². The molecule has 11 heteroatoms. The first-order valence-electron chi connectivity index (χ1n) is 11.9. The number of hydrogen-bond donors (Lipinski definition) is 3. The number of primary amides is 1. The number of nitrogens with one attached hydrogen (secondary N) is 1. The quantitative estimate of drug-likeness (QED) is 0.408. The normalized spacial score (nSPS) is 14.5.